The van der Waals surface area contributed by atoms with Gasteiger partial charge >= 0.3 is 0 Å². The second-order valence-corrected chi connectivity index (χ2v) is 6.58. The molecule has 6 nitrogen and oxygen atoms in total. The molecule has 0 aliphatic carbocycles. The second kappa shape index (κ2) is 5.82. The minimum atomic E-state index is -0.217. The predicted molar refractivity (Wildman–Crippen MR) is 87.3 cm³/mol. The summed E-state index contributed by atoms with van der Waals surface area (Å²) in [5, 5.41) is 3.54. The first-order valence-electron chi connectivity index (χ1n) is 7.65. The Labute approximate surface area is 138 Å². The first kappa shape index (κ1) is 14.5. The van der Waals surface area contributed by atoms with E-state index in [-0.39, 0.29) is 12.7 Å². The van der Waals surface area contributed by atoms with E-state index in [9.17, 15) is 4.79 Å². The molecule has 0 radical (unpaired) electrons. The Morgan fingerprint density at radius 1 is 1.43 bits per heavy atom. The van der Waals surface area contributed by atoms with Crippen molar-refractivity contribution in [1.29, 1.82) is 0 Å². The number of nitrogens with zero attached hydrogens (tertiary/aromatic N) is 2. The van der Waals surface area contributed by atoms with Crippen molar-refractivity contribution in [3.8, 4) is 11.5 Å². The Bertz CT molecular complexity index is 759. The number of para-hydroxylation sites is 1. The lowest BCUT2D eigenvalue weighted by atomic mass is 10.2. The monoisotopic (exact) mass is 331 g/mol. The van der Waals surface area contributed by atoms with Crippen LogP contribution >= 0.6 is 11.3 Å². The van der Waals surface area contributed by atoms with E-state index in [1.54, 1.807) is 29.5 Å². The lowest BCUT2D eigenvalue weighted by Gasteiger charge is -2.23. The minimum absolute atomic E-state index is 0.151. The molecule has 2 aromatic rings. The van der Waals surface area contributed by atoms with Crippen LogP contribution in [0.4, 0.5) is 5.13 Å². The number of ether oxygens (including phenoxy) is 2. The Balaban J connectivity index is 1.54. The molecule has 4 rings (SSSR count). The van der Waals surface area contributed by atoms with E-state index in [1.165, 1.54) is 4.88 Å². The Kier molecular flexibility index (Phi) is 3.66. The van der Waals surface area contributed by atoms with Crippen LogP contribution < -0.4 is 14.8 Å². The van der Waals surface area contributed by atoms with Gasteiger partial charge in [-0.3, -0.25) is 15.0 Å². The van der Waals surface area contributed by atoms with Crippen LogP contribution in [0.5, 0.6) is 11.5 Å². The van der Waals surface area contributed by atoms with Gasteiger partial charge in [0, 0.05) is 24.4 Å². The molecule has 1 N–H and O–H groups in total. The van der Waals surface area contributed by atoms with E-state index in [0.29, 0.717) is 22.2 Å². The van der Waals surface area contributed by atoms with Crippen LogP contribution in [-0.4, -0.2) is 35.7 Å². The van der Waals surface area contributed by atoms with Crippen LogP contribution in [0.15, 0.2) is 18.2 Å². The van der Waals surface area contributed by atoms with Gasteiger partial charge in [0.2, 0.25) is 6.79 Å². The maximum absolute atomic E-state index is 12.5. The molecule has 0 saturated heterocycles. The Hall–Kier alpha value is -2.12. The number of hydrogen-bond donors (Lipinski definition) is 1. The maximum atomic E-state index is 12.5. The van der Waals surface area contributed by atoms with Gasteiger partial charge in [-0.2, -0.15) is 0 Å². The third kappa shape index (κ3) is 2.66. The number of carbonyl (C=O) groups is 1. The fourth-order valence-corrected chi connectivity index (χ4v) is 3.89. The lowest BCUT2D eigenvalue weighted by Crippen LogP contribution is -2.29. The summed E-state index contributed by atoms with van der Waals surface area (Å²) < 4.78 is 10.7. The molecule has 0 bridgehead atoms. The molecule has 23 heavy (non-hydrogen) atoms. The molecule has 120 valence electrons. The van der Waals surface area contributed by atoms with E-state index in [1.807, 2.05) is 0 Å². The van der Waals surface area contributed by atoms with Crippen LogP contribution in [0, 0.1) is 0 Å². The number of anilines is 1. The van der Waals surface area contributed by atoms with Gasteiger partial charge in [-0.05, 0) is 18.7 Å². The zero-order valence-corrected chi connectivity index (χ0v) is 13.6. The van der Waals surface area contributed by atoms with Gasteiger partial charge in [-0.15, -0.1) is 11.3 Å². The van der Waals surface area contributed by atoms with Gasteiger partial charge in [-0.25, -0.2) is 4.98 Å². The van der Waals surface area contributed by atoms with Crippen molar-refractivity contribution in [2.45, 2.75) is 19.9 Å². The summed E-state index contributed by atoms with van der Waals surface area (Å²) in [7, 11) is 0. The summed E-state index contributed by atoms with van der Waals surface area (Å²) >= 11 is 1.55. The molecule has 0 atom stereocenters. The summed E-state index contributed by atoms with van der Waals surface area (Å²) in [4.78, 5) is 20.7. The van der Waals surface area contributed by atoms with Crippen molar-refractivity contribution in [3.63, 3.8) is 0 Å². The highest BCUT2D eigenvalue weighted by atomic mass is 32.1. The SMILES string of the molecule is CCN1CCc2nc(NC(=O)c3cccc4c3OCO4)sc2C1. The third-order valence-electron chi connectivity index (χ3n) is 4.12. The van der Waals surface area contributed by atoms with Crippen molar-refractivity contribution in [1.82, 2.24) is 9.88 Å². The summed E-state index contributed by atoms with van der Waals surface area (Å²) in [6, 6.07) is 5.31. The minimum Gasteiger partial charge on any atom is -0.454 e. The van der Waals surface area contributed by atoms with Gasteiger partial charge in [-0.1, -0.05) is 13.0 Å². The molecule has 2 aliphatic rings. The van der Waals surface area contributed by atoms with E-state index in [0.717, 1.165) is 31.7 Å². The molecular weight excluding hydrogens is 314 g/mol. The summed E-state index contributed by atoms with van der Waals surface area (Å²) in [5.74, 6) is 0.893. The highest BCUT2D eigenvalue weighted by Crippen LogP contribution is 2.36. The number of hydrogen-bond acceptors (Lipinski definition) is 6. The topological polar surface area (TPSA) is 63.7 Å². The summed E-state index contributed by atoms with van der Waals surface area (Å²) in [5.41, 5.74) is 1.58. The van der Waals surface area contributed by atoms with Gasteiger partial charge in [0.15, 0.2) is 16.6 Å². The Morgan fingerprint density at radius 3 is 3.22 bits per heavy atom. The highest BCUT2D eigenvalue weighted by Gasteiger charge is 2.24. The van der Waals surface area contributed by atoms with Gasteiger partial charge in [0.1, 0.15) is 0 Å². The zero-order chi connectivity index (χ0) is 15.8. The second-order valence-electron chi connectivity index (χ2n) is 5.50. The van der Waals surface area contributed by atoms with Crippen LogP contribution in [0.2, 0.25) is 0 Å². The average molecular weight is 331 g/mol. The number of nitrogens with one attached hydrogen (secondary N) is 1. The largest absolute Gasteiger partial charge is 0.454 e. The number of amides is 1. The van der Waals surface area contributed by atoms with E-state index in [4.69, 9.17) is 9.47 Å². The molecule has 0 spiro atoms. The molecule has 0 fully saturated rings. The van der Waals surface area contributed by atoms with E-state index in [2.05, 4.69) is 22.1 Å². The number of carbonyl (C=O) groups excluding carboxylic acids is 1. The number of fused-ring (bicyclic) bond motifs is 2. The van der Waals surface area contributed by atoms with Crippen LogP contribution in [0.25, 0.3) is 0 Å². The lowest BCUT2D eigenvalue weighted by molar-refractivity contribution is 0.102. The van der Waals surface area contributed by atoms with Crippen molar-refractivity contribution < 1.29 is 14.3 Å². The smallest absolute Gasteiger partial charge is 0.261 e. The maximum Gasteiger partial charge on any atom is 0.261 e. The molecule has 3 heterocycles. The molecule has 0 unspecified atom stereocenters. The first-order valence-corrected chi connectivity index (χ1v) is 8.47. The molecule has 7 heteroatoms. The van der Waals surface area contributed by atoms with Gasteiger partial charge < -0.3 is 9.47 Å². The van der Waals surface area contributed by atoms with Crippen molar-refractivity contribution in [3.05, 3.63) is 34.3 Å². The Morgan fingerprint density at radius 2 is 2.35 bits per heavy atom. The van der Waals surface area contributed by atoms with Crippen molar-refractivity contribution in [2.24, 2.45) is 0 Å². The average Bonchev–Trinajstić information content (AvgIpc) is 3.19. The summed E-state index contributed by atoms with van der Waals surface area (Å²) in [6.07, 6.45) is 0.938. The highest BCUT2D eigenvalue weighted by molar-refractivity contribution is 7.15. The van der Waals surface area contributed by atoms with Crippen LogP contribution in [0.3, 0.4) is 0 Å². The number of rotatable bonds is 3. The fourth-order valence-electron chi connectivity index (χ4n) is 2.85. The number of thiazole rings is 1. The van der Waals surface area contributed by atoms with Crippen molar-refractivity contribution in [2.75, 3.05) is 25.2 Å². The molecule has 1 aromatic heterocycles. The summed E-state index contributed by atoms with van der Waals surface area (Å²) in [6.45, 7) is 5.28. The molecule has 0 saturated carbocycles. The normalized spacial score (nSPS) is 16.2. The van der Waals surface area contributed by atoms with E-state index < -0.39 is 0 Å². The van der Waals surface area contributed by atoms with E-state index >= 15 is 0 Å². The molecule has 1 aromatic carbocycles. The van der Waals surface area contributed by atoms with Crippen molar-refractivity contribution >= 4 is 22.4 Å². The number of benzene rings is 1. The molecule has 2 aliphatic heterocycles. The van der Waals surface area contributed by atoms with Crippen LogP contribution in [-0.2, 0) is 13.0 Å². The van der Waals surface area contributed by atoms with Crippen LogP contribution in [0.1, 0.15) is 27.9 Å². The first-order chi connectivity index (χ1) is 11.2. The fraction of sp³-hybridized carbons (Fsp3) is 0.375. The van der Waals surface area contributed by atoms with Gasteiger partial charge in [0.25, 0.3) is 5.91 Å². The van der Waals surface area contributed by atoms with Gasteiger partial charge in [0.05, 0.1) is 11.3 Å². The quantitative estimate of drug-likeness (QED) is 0.936. The third-order valence-corrected chi connectivity index (χ3v) is 5.12. The number of likely N-dealkylation sites (N-methyl/N-ethyl adjacent to an activating group) is 1. The molecular formula is C16H17N3O3S. The predicted octanol–water partition coefficient (Wildman–Crippen LogP) is 2.50. The molecule has 1 amide bonds. The zero-order valence-electron chi connectivity index (χ0n) is 12.8. The standard InChI is InChI=1S/C16H17N3O3S/c1-2-19-7-6-11-13(8-19)23-16(17-11)18-15(20)10-4-3-5-12-14(10)22-9-21-12/h3-5H,2,6-9H2,1H3,(H,17,18,20). The number of aromatic nitrogens is 1.